The number of aliphatic imine (C=N–C) groups is 1. The first-order chi connectivity index (χ1) is 13.0. The number of rotatable bonds is 7. The molecule has 7 heteroatoms. The Hall–Kier alpha value is -2.47. The summed E-state index contributed by atoms with van der Waals surface area (Å²) >= 11 is 5.80. The molecule has 142 valence electrons. The van der Waals surface area contributed by atoms with E-state index >= 15 is 0 Å². The van der Waals surface area contributed by atoms with Gasteiger partial charge < -0.3 is 5.11 Å². The van der Waals surface area contributed by atoms with Crippen molar-refractivity contribution in [2.45, 2.75) is 50.5 Å². The number of nitrogens with one attached hydrogen (secondary N) is 1. The fourth-order valence-electron chi connectivity index (χ4n) is 3.46. The van der Waals surface area contributed by atoms with Gasteiger partial charge in [0.2, 0.25) is 5.28 Å². The standard InChI is InChI=1S/C20H22ClN3O3/c21-20-23-17-12-22-14(10-11-16(17)18(25)24-20)8-4-5-9-15(19(26)27)13-6-2-1-3-7-13/h1-3,6-7,12,14-15H,4-5,8-11H2,(H,26,27)(H,23,24,25). The number of benzene rings is 1. The third-order valence-electron chi connectivity index (χ3n) is 4.93. The van der Waals surface area contributed by atoms with Crippen molar-refractivity contribution < 1.29 is 9.90 Å². The molecule has 2 unspecified atom stereocenters. The Morgan fingerprint density at radius 2 is 2.07 bits per heavy atom. The fourth-order valence-corrected chi connectivity index (χ4v) is 3.64. The lowest BCUT2D eigenvalue weighted by molar-refractivity contribution is -0.139. The second-order valence-electron chi connectivity index (χ2n) is 6.78. The molecule has 0 fully saturated rings. The van der Waals surface area contributed by atoms with E-state index in [2.05, 4.69) is 15.0 Å². The molecule has 2 N–H and O–H groups in total. The summed E-state index contributed by atoms with van der Waals surface area (Å²) < 4.78 is 0. The Balaban J connectivity index is 1.53. The number of unbranched alkanes of at least 4 members (excludes halogenated alkanes) is 1. The van der Waals surface area contributed by atoms with Gasteiger partial charge in [0, 0.05) is 11.8 Å². The number of aliphatic carboxylic acids is 1. The summed E-state index contributed by atoms with van der Waals surface area (Å²) in [4.78, 5) is 34.7. The van der Waals surface area contributed by atoms with Gasteiger partial charge in [0.1, 0.15) is 0 Å². The quantitative estimate of drug-likeness (QED) is 0.560. The van der Waals surface area contributed by atoms with Gasteiger partial charge in [-0.3, -0.25) is 19.6 Å². The lowest BCUT2D eigenvalue weighted by Crippen LogP contribution is -2.17. The molecule has 0 saturated heterocycles. The lowest BCUT2D eigenvalue weighted by atomic mass is 9.92. The Bertz CT molecular complexity index is 880. The average molecular weight is 388 g/mol. The van der Waals surface area contributed by atoms with Crippen molar-refractivity contribution in [3.8, 4) is 0 Å². The molecule has 1 aliphatic heterocycles. The molecule has 2 heterocycles. The number of aromatic amines is 1. The van der Waals surface area contributed by atoms with Crippen LogP contribution in [0.25, 0.3) is 0 Å². The minimum Gasteiger partial charge on any atom is -0.481 e. The minimum absolute atomic E-state index is 0.0734. The molecule has 0 radical (unpaired) electrons. The molecule has 27 heavy (non-hydrogen) atoms. The van der Waals surface area contributed by atoms with Crippen LogP contribution in [0.5, 0.6) is 0 Å². The molecular formula is C20H22ClN3O3. The summed E-state index contributed by atoms with van der Waals surface area (Å²) in [5.41, 5.74) is 1.81. The SMILES string of the molecule is O=C(O)C(CCCCC1CCc2c(nc(Cl)[nH]c2=O)C=N1)c1ccccc1. The van der Waals surface area contributed by atoms with E-state index in [0.29, 0.717) is 24.1 Å². The third-order valence-corrected chi connectivity index (χ3v) is 5.11. The van der Waals surface area contributed by atoms with E-state index in [1.807, 2.05) is 30.3 Å². The van der Waals surface area contributed by atoms with E-state index in [0.717, 1.165) is 31.2 Å². The van der Waals surface area contributed by atoms with Gasteiger partial charge in [-0.05, 0) is 42.8 Å². The van der Waals surface area contributed by atoms with Crippen molar-refractivity contribution in [1.29, 1.82) is 0 Å². The highest BCUT2D eigenvalue weighted by Gasteiger charge is 2.20. The highest BCUT2D eigenvalue weighted by Crippen LogP contribution is 2.24. The van der Waals surface area contributed by atoms with Crippen LogP contribution in [-0.2, 0) is 11.2 Å². The Morgan fingerprint density at radius 1 is 1.30 bits per heavy atom. The van der Waals surface area contributed by atoms with E-state index in [1.165, 1.54) is 0 Å². The zero-order valence-electron chi connectivity index (χ0n) is 14.9. The molecule has 0 amide bonds. The van der Waals surface area contributed by atoms with Crippen molar-refractivity contribution in [3.05, 3.63) is 62.8 Å². The first-order valence-electron chi connectivity index (χ1n) is 9.14. The average Bonchev–Trinajstić information content (AvgIpc) is 2.84. The molecule has 6 nitrogen and oxygen atoms in total. The molecule has 0 bridgehead atoms. The second kappa shape index (κ2) is 8.95. The molecule has 1 aliphatic rings. The molecule has 0 aliphatic carbocycles. The van der Waals surface area contributed by atoms with Gasteiger partial charge in [0.25, 0.3) is 5.56 Å². The van der Waals surface area contributed by atoms with Crippen LogP contribution in [0.15, 0.2) is 40.1 Å². The van der Waals surface area contributed by atoms with Crippen molar-refractivity contribution in [2.75, 3.05) is 0 Å². The number of hydrogen-bond donors (Lipinski definition) is 2. The number of halogens is 1. The number of hydrogen-bond acceptors (Lipinski definition) is 4. The fraction of sp³-hybridized carbons (Fsp3) is 0.400. The third kappa shape index (κ3) is 5.04. The number of aromatic nitrogens is 2. The lowest BCUT2D eigenvalue weighted by Gasteiger charge is -2.14. The largest absolute Gasteiger partial charge is 0.481 e. The number of nitrogens with zero attached hydrogens (tertiary/aromatic N) is 2. The van der Waals surface area contributed by atoms with Crippen LogP contribution < -0.4 is 5.56 Å². The van der Waals surface area contributed by atoms with Crippen LogP contribution >= 0.6 is 11.6 Å². The molecule has 1 aromatic carbocycles. The van der Waals surface area contributed by atoms with Gasteiger partial charge in [0.05, 0.1) is 17.7 Å². The number of fused-ring (bicyclic) bond motifs is 1. The van der Waals surface area contributed by atoms with E-state index in [9.17, 15) is 14.7 Å². The first-order valence-corrected chi connectivity index (χ1v) is 9.52. The van der Waals surface area contributed by atoms with Crippen molar-refractivity contribution in [3.63, 3.8) is 0 Å². The van der Waals surface area contributed by atoms with Gasteiger partial charge in [-0.25, -0.2) is 4.98 Å². The van der Waals surface area contributed by atoms with Gasteiger partial charge in [0.15, 0.2) is 0 Å². The normalized spacial score (nSPS) is 17.1. The van der Waals surface area contributed by atoms with Gasteiger partial charge >= 0.3 is 5.97 Å². The predicted molar refractivity (Wildman–Crippen MR) is 105 cm³/mol. The number of carboxylic acids is 1. The van der Waals surface area contributed by atoms with Gasteiger partial charge in [-0.1, -0.05) is 43.2 Å². The predicted octanol–water partition coefficient (Wildman–Crippen LogP) is 3.59. The molecule has 3 rings (SSSR count). The number of H-pyrrole nitrogens is 1. The van der Waals surface area contributed by atoms with Crippen LogP contribution in [0, 0.1) is 0 Å². The topological polar surface area (TPSA) is 95.4 Å². The van der Waals surface area contributed by atoms with Gasteiger partial charge in [-0.2, -0.15) is 0 Å². The summed E-state index contributed by atoms with van der Waals surface area (Å²) in [6.45, 7) is 0. The van der Waals surface area contributed by atoms with Crippen LogP contribution in [0.4, 0.5) is 0 Å². The van der Waals surface area contributed by atoms with Crippen LogP contribution in [0.3, 0.4) is 0 Å². The summed E-state index contributed by atoms with van der Waals surface area (Å²) in [6.07, 6.45) is 6.19. The van der Waals surface area contributed by atoms with Gasteiger partial charge in [-0.15, -0.1) is 0 Å². The smallest absolute Gasteiger partial charge is 0.310 e. The Labute approximate surface area is 162 Å². The van der Waals surface area contributed by atoms with Crippen LogP contribution in [-0.4, -0.2) is 33.3 Å². The summed E-state index contributed by atoms with van der Waals surface area (Å²) in [5.74, 6) is -1.26. The molecule has 1 aromatic heterocycles. The molecular weight excluding hydrogens is 366 g/mol. The first kappa shape index (κ1) is 19.3. The molecule has 2 aromatic rings. The Morgan fingerprint density at radius 3 is 2.81 bits per heavy atom. The maximum atomic E-state index is 12.0. The molecule has 0 spiro atoms. The zero-order valence-corrected chi connectivity index (χ0v) is 15.7. The summed E-state index contributed by atoms with van der Waals surface area (Å²) in [7, 11) is 0. The van der Waals surface area contributed by atoms with Crippen molar-refractivity contribution in [2.24, 2.45) is 4.99 Å². The summed E-state index contributed by atoms with van der Waals surface area (Å²) in [5, 5.41) is 9.56. The second-order valence-corrected chi connectivity index (χ2v) is 7.14. The van der Waals surface area contributed by atoms with Crippen LogP contribution in [0.1, 0.15) is 54.8 Å². The zero-order chi connectivity index (χ0) is 19.2. The van der Waals surface area contributed by atoms with E-state index in [4.69, 9.17) is 11.6 Å². The number of carboxylic acid groups (broad SMARTS) is 1. The summed E-state index contributed by atoms with van der Waals surface area (Å²) in [6, 6.07) is 9.45. The van der Waals surface area contributed by atoms with Crippen molar-refractivity contribution >= 4 is 23.8 Å². The molecule has 0 saturated carbocycles. The van der Waals surface area contributed by atoms with E-state index in [1.54, 1.807) is 6.21 Å². The highest BCUT2D eigenvalue weighted by atomic mass is 35.5. The maximum Gasteiger partial charge on any atom is 0.310 e. The van der Waals surface area contributed by atoms with Crippen LogP contribution in [0.2, 0.25) is 5.28 Å². The Kier molecular flexibility index (Phi) is 6.40. The van der Waals surface area contributed by atoms with E-state index in [-0.39, 0.29) is 16.9 Å². The molecule has 2 atom stereocenters. The maximum absolute atomic E-state index is 12.0. The number of carbonyl (C=O) groups is 1. The minimum atomic E-state index is -0.786. The monoisotopic (exact) mass is 387 g/mol. The van der Waals surface area contributed by atoms with Crippen molar-refractivity contribution in [1.82, 2.24) is 9.97 Å². The highest BCUT2D eigenvalue weighted by molar-refractivity contribution is 6.28. The van der Waals surface area contributed by atoms with E-state index < -0.39 is 11.9 Å².